The molecule has 146 valence electrons. The van der Waals surface area contributed by atoms with Crippen LogP contribution in [0.3, 0.4) is 0 Å². The van der Waals surface area contributed by atoms with Crippen molar-refractivity contribution in [3.63, 3.8) is 0 Å². The largest absolute Gasteiger partial charge is 0.494 e. The van der Waals surface area contributed by atoms with Crippen molar-refractivity contribution in [3.8, 4) is 11.5 Å². The highest BCUT2D eigenvalue weighted by atomic mass is 35.5. The van der Waals surface area contributed by atoms with Gasteiger partial charge < -0.3 is 9.47 Å². The van der Waals surface area contributed by atoms with Crippen molar-refractivity contribution in [1.82, 2.24) is 5.01 Å². The molecule has 0 unspecified atom stereocenters. The van der Waals surface area contributed by atoms with Crippen LogP contribution in [0.1, 0.15) is 42.3 Å². The first kappa shape index (κ1) is 18.1. The first-order valence-electron chi connectivity index (χ1n) is 9.83. The Balaban J connectivity index is 1.56. The number of benzene rings is 3. The van der Waals surface area contributed by atoms with Gasteiger partial charge in [-0.05, 0) is 55.0 Å². The Morgan fingerprint density at radius 3 is 2.62 bits per heavy atom. The summed E-state index contributed by atoms with van der Waals surface area (Å²) < 4.78 is 12.0. The third-order valence-electron chi connectivity index (χ3n) is 5.34. The average Bonchev–Trinajstić information content (AvgIpc) is 3.21. The fourth-order valence-corrected chi connectivity index (χ4v) is 4.16. The van der Waals surface area contributed by atoms with Crippen LogP contribution < -0.4 is 9.47 Å². The Labute approximate surface area is 175 Å². The fourth-order valence-electron chi connectivity index (χ4n) is 3.98. The predicted molar refractivity (Wildman–Crippen MR) is 115 cm³/mol. The van der Waals surface area contributed by atoms with E-state index >= 15 is 0 Å². The van der Waals surface area contributed by atoms with Crippen LogP contribution >= 0.6 is 11.6 Å². The lowest BCUT2D eigenvalue weighted by Crippen LogP contribution is -2.33. The molecule has 2 aliphatic rings. The van der Waals surface area contributed by atoms with E-state index in [2.05, 4.69) is 17.1 Å². The minimum atomic E-state index is -0.300. The third kappa shape index (κ3) is 3.34. The van der Waals surface area contributed by atoms with E-state index in [9.17, 15) is 0 Å². The van der Waals surface area contributed by atoms with Gasteiger partial charge in [-0.15, -0.1) is 0 Å². The molecule has 0 aliphatic carbocycles. The van der Waals surface area contributed by atoms with Crippen LogP contribution in [0.25, 0.3) is 0 Å². The first-order valence-corrected chi connectivity index (χ1v) is 10.2. The van der Waals surface area contributed by atoms with Crippen molar-refractivity contribution in [1.29, 1.82) is 0 Å². The summed E-state index contributed by atoms with van der Waals surface area (Å²) >= 11 is 6.30. The van der Waals surface area contributed by atoms with Crippen LogP contribution in [-0.4, -0.2) is 17.3 Å². The van der Waals surface area contributed by atoms with E-state index in [1.54, 1.807) is 0 Å². The van der Waals surface area contributed by atoms with E-state index in [-0.39, 0.29) is 12.3 Å². The number of nitrogens with zero attached hydrogens (tertiary/aromatic N) is 2. The van der Waals surface area contributed by atoms with Gasteiger partial charge in [-0.2, -0.15) is 5.10 Å². The Morgan fingerprint density at radius 2 is 1.86 bits per heavy atom. The van der Waals surface area contributed by atoms with E-state index in [0.717, 1.165) is 40.3 Å². The number of hydrogen-bond donors (Lipinski definition) is 0. The smallest absolute Gasteiger partial charge is 0.213 e. The Kier molecular flexibility index (Phi) is 4.64. The second-order valence-electron chi connectivity index (χ2n) is 7.17. The van der Waals surface area contributed by atoms with Gasteiger partial charge in [0.05, 0.1) is 18.4 Å². The summed E-state index contributed by atoms with van der Waals surface area (Å²) in [6, 6.07) is 24.3. The number of hydrogen-bond acceptors (Lipinski definition) is 4. The molecule has 0 spiro atoms. The molecular formula is C24H21ClN2O2. The topological polar surface area (TPSA) is 34.1 Å². The molecule has 0 saturated heterocycles. The Hall–Kier alpha value is -2.98. The lowest BCUT2D eigenvalue weighted by Gasteiger charge is -2.38. The fraction of sp³-hybridized carbons (Fsp3) is 0.208. The molecule has 5 heteroatoms. The van der Waals surface area contributed by atoms with Gasteiger partial charge in [0.1, 0.15) is 11.5 Å². The summed E-state index contributed by atoms with van der Waals surface area (Å²) in [6.45, 7) is 2.63. The minimum absolute atomic E-state index is 0.0872. The van der Waals surface area contributed by atoms with Crippen LogP contribution in [0.15, 0.2) is 77.9 Å². The molecule has 4 nitrogen and oxygen atoms in total. The number of hydrazone groups is 1. The van der Waals surface area contributed by atoms with Gasteiger partial charge in [-0.3, -0.25) is 0 Å². The monoisotopic (exact) mass is 404 g/mol. The van der Waals surface area contributed by atoms with Crippen molar-refractivity contribution in [3.05, 3.63) is 94.5 Å². The highest BCUT2D eigenvalue weighted by Crippen LogP contribution is 2.48. The third-order valence-corrected chi connectivity index (χ3v) is 5.57. The van der Waals surface area contributed by atoms with Crippen molar-refractivity contribution in [2.75, 3.05) is 6.61 Å². The van der Waals surface area contributed by atoms with Crippen molar-refractivity contribution < 1.29 is 9.47 Å². The molecule has 2 aliphatic heterocycles. The van der Waals surface area contributed by atoms with Gasteiger partial charge in [0.15, 0.2) is 0 Å². The zero-order valence-electron chi connectivity index (χ0n) is 16.1. The normalized spacial score (nSPS) is 19.8. The maximum atomic E-state index is 6.39. The quantitative estimate of drug-likeness (QED) is 0.536. The maximum absolute atomic E-state index is 6.39. The van der Waals surface area contributed by atoms with Gasteiger partial charge in [0.25, 0.3) is 0 Å². The molecule has 0 saturated carbocycles. The molecule has 2 heterocycles. The van der Waals surface area contributed by atoms with Crippen LogP contribution in [0.4, 0.5) is 0 Å². The van der Waals surface area contributed by atoms with Crippen LogP contribution in [0.2, 0.25) is 5.02 Å². The summed E-state index contributed by atoms with van der Waals surface area (Å²) in [5.74, 6) is 1.71. The molecule has 5 rings (SSSR count). The number of fused-ring (bicyclic) bond motifs is 3. The summed E-state index contributed by atoms with van der Waals surface area (Å²) in [6.07, 6.45) is 0.513. The van der Waals surface area contributed by atoms with Gasteiger partial charge >= 0.3 is 0 Å². The molecular weight excluding hydrogens is 384 g/mol. The summed E-state index contributed by atoms with van der Waals surface area (Å²) in [5.41, 5.74) is 4.31. The van der Waals surface area contributed by atoms with Crippen molar-refractivity contribution in [2.45, 2.75) is 25.6 Å². The molecule has 3 aromatic carbocycles. The number of halogens is 1. The van der Waals surface area contributed by atoms with Gasteiger partial charge in [0.2, 0.25) is 6.23 Å². The molecule has 0 amide bonds. The summed E-state index contributed by atoms with van der Waals surface area (Å²) in [7, 11) is 0. The minimum Gasteiger partial charge on any atom is -0.494 e. The van der Waals surface area contributed by atoms with Gasteiger partial charge in [0, 0.05) is 22.6 Å². The van der Waals surface area contributed by atoms with E-state index in [1.165, 1.54) is 0 Å². The average molecular weight is 405 g/mol. The predicted octanol–water partition coefficient (Wildman–Crippen LogP) is 5.98. The first-order chi connectivity index (χ1) is 14.2. The molecule has 3 aromatic rings. The van der Waals surface area contributed by atoms with Crippen LogP contribution in [0.5, 0.6) is 11.5 Å². The lowest BCUT2D eigenvalue weighted by molar-refractivity contribution is -0.0190. The molecule has 0 N–H and O–H groups in total. The van der Waals surface area contributed by atoms with Crippen LogP contribution in [-0.2, 0) is 0 Å². The highest BCUT2D eigenvalue weighted by Gasteiger charge is 2.41. The molecule has 0 fully saturated rings. The van der Waals surface area contributed by atoms with E-state index in [1.807, 2.05) is 67.6 Å². The standard InChI is InChI=1S/C24H21ClN2O2/c1-2-28-19-11-8-17(9-12-19)24-27-22(20-14-18(25)10-13-23(20)29-24)15-21(26-27)16-6-4-3-5-7-16/h3-14,22,24H,2,15H2,1H3/t22-,24+/m0/s1. The maximum Gasteiger partial charge on any atom is 0.213 e. The van der Waals surface area contributed by atoms with Crippen molar-refractivity contribution >= 4 is 17.3 Å². The Morgan fingerprint density at radius 1 is 1.07 bits per heavy atom. The van der Waals surface area contributed by atoms with Gasteiger partial charge in [-0.1, -0.05) is 41.9 Å². The SMILES string of the molecule is CCOc1ccc([C@H]2Oc3ccc(Cl)cc3[C@@H]3CC(c4ccccc4)=NN23)cc1. The molecule has 0 aromatic heterocycles. The van der Waals surface area contributed by atoms with Crippen LogP contribution in [0, 0.1) is 0 Å². The van der Waals surface area contributed by atoms with Crippen molar-refractivity contribution in [2.24, 2.45) is 5.10 Å². The summed E-state index contributed by atoms with van der Waals surface area (Å²) in [4.78, 5) is 0. The second kappa shape index (κ2) is 7.45. The summed E-state index contributed by atoms with van der Waals surface area (Å²) in [5, 5.41) is 7.75. The lowest BCUT2D eigenvalue weighted by atomic mass is 9.96. The highest BCUT2D eigenvalue weighted by molar-refractivity contribution is 6.30. The molecule has 0 bridgehead atoms. The Bertz CT molecular complexity index is 1050. The molecule has 29 heavy (non-hydrogen) atoms. The zero-order valence-corrected chi connectivity index (χ0v) is 16.8. The van der Waals surface area contributed by atoms with Gasteiger partial charge in [-0.25, -0.2) is 5.01 Å². The zero-order chi connectivity index (χ0) is 19.8. The molecule has 0 radical (unpaired) electrons. The van der Waals surface area contributed by atoms with E-state index in [4.69, 9.17) is 26.2 Å². The van der Waals surface area contributed by atoms with E-state index in [0.29, 0.717) is 11.6 Å². The molecule has 2 atom stereocenters. The number of ether oxygens (including phenoxy) is 2. The number of rotatable bonds is 4. The second-order valence-corrected chi connectivity index (χ2v) is 7.60. The van der Waals surface area contributed by atoms with E-state index < -0.39 is 0 Å².